The summed E-state index contributed by atoms with van der Waals surface area (Å²) in [6.07, 6.45) is 8.83. The Morgan fingerprint density at radius 1 is 1.27 bits per heavy atom. The highest BCUT2D eigenvalue weighted by Gasteiger charge is 2.45. The standard InChI is InChI=1S/C22H24N10O/c1-22(20(33)26-17-7-9-23-13-24-17)8-3-10-31(22)21-27-19(16-4-2-11-32(16)30-21)25-18-12-15(28-29-18)14-5-6-14/h2,4,7,9,11-14H,3,5-6,8,10H2,1H3,(H,23,24,26,33)(H2,25,27,28,29,30)/t22-/m0/s1. The number of fused-ring (bicyclic) bond motifs is 1. The first-order valence-corrected chi connectivity index (χ1v) is 11.1. The molecule has 2 aliphatic rings. The summed E-state index contributed by atoms with van der Waals surface area (Å²) in [6, 6.07) is 7.58. The number of aromatic amines is 1. The molecule has 11 nitrogen and oxygen atoms in total. The zero-order valence-corrected chi connectivity index (χ0v) is 18.2. The number of H-pyrrole nitrogens is 1. The van der Waals surface area contributed by atoms with Crippen LogP contribution >= 0.6 is 0 Å². The zero-order valence-electron chi connectivity index (χ0n) is 18.2. The van der Waals surface area contributed by atoms with E-state index in [1.807, 2.05) is 36.2 Å². The van der Waals surface area contributed by atoms with Crippen LogP contribution < -0.4 is 15.5 Å². The van der Waals surface area contributed by atoms with Gasteiger partial charge in [0.15, 0.2) is 11.6 Å². The van der Waals surface area contributed by atoms with Gasteiger partial charge in [0.2, 0.25) is 5.95 Å². The molecule has 1 atom stereocenters. The monoisotopic (exact) mass is 444 g/mol. The van der Waals surface area contributed by atoms with Crippen molar-refractivity contribution in [2.45, 2.75) is 44.1 Å². The number of amides is 1. The lowest BCUT2D eigenvalue weighted by Gasteiger charge is -2.33. The van der Waals surface area contributed by atoms with Crippen LogP contribution in [0.3, 0.4) is 0 Å². The third-order valence-electron chi connectivity index (χ3n) is 6.44. The van der Waals surface area contributed by atoms with E-state index in [9.17, 15) is 4.79 Å². The molecule has 4 aromatic heterocycles. The van der Waals surface area contributed by atoms with E-state index < -0.39 is 5.54 Å². The van der Waals surface area contributed by atoms with Gasteiger partial charge in [-0.1, -0.05) is 0 Å². The van der Waals surface area contributed by atoms with E-state index in [0.29, 0.717) is 36.5 Å². The lowest BCUT2D eigenvalue weighted by Crippen LogP contribution is -2.52. The highest BCUT2D eigenvalue weighted by Crippen LogP contribution is 2.40. The van der Waals surface area contributed by atoms with Gasteiger partial charge in [-0.2, -0.15) is 10.1 Å². The van der Waals surface area contributed by atoms with Crippen molar-refractivity contribution in [1.29, 1.82) is 0 Å². The molecule has 1 amide bonds. The van der Waals surface area contributed by atoms with Crippen LogP contribution in [-0.4, -0.2) is 52.8 Å². The fourth-order valence-corrected chi connectivity index (χ4v) is 4.39. The van der Waals surface area contributed by atoms with Gasteiger partial charge in [-0.3, -0.25) is 9.89 Å². The Kier molecular flexibility index (Phi) is 4.49. The smallest absolute Gasteiger partial charge is 0.251 e. The summed E-state index contributed by atoms with van der Waals surface area (Å²) in [6.45, 7) is 2.59. The molecule has 1 aliphatic heterocycles. The van der Waals surface area contributed by atoms with E-state index in [2.05, 4.69) is 30.8 Å². The predicted molar refractivity (Wildman–Crippen MR) is 122 cm³/mol. The second-order valence-corrected chi connectivity index (χ2v) is 8.78. The maximum absolute atomic E-state index is 13.3. The summed E-state index contributed by atoms with van der Waals surface area (Å²) in [7, 11) is 0. The first kappa shape index (κ1) is 19.6. The molecule has 6 rings (SSSR count). The molecule has 4 aromatic rings. The van der Waals surface area contributed by atoms with Crippen molar-refractivity contribution in [2.75, 3.05) is 22.1 Å². The first-order chi connectivity index (χ1) is 16.1. The van der Waals surface area contributed by atoms with Crippen LogP contribution in [0.2, 0.25) is 0 Å². The van der Waals surface area contributed by atoms with Crippen molar-refractivity contribution in [3.8, 4) is 0 Å². The lowest BCUT2D eigenvalue weighted by molar-refractivity contribution is -0.120. The molecule has 1 saturated carbocycles. The van der Waals surface area contributed by atoms with Crippen LogP contribution in [0.4, 0.5) is 23.4 Å². The normalized spacial score (nSPS) is 20.3. The molecular formula is C22H24N10O. The number of nitrogens with one attached hydrogen (secondary N) is 3. The molecular weight excluding hydrogens is 420 g/mol. The van der Waals surface area contributed by atoms with Crippen LogP contribution in [0, 0.1) is 0 Å². The summed E-state index contributed by atoms with van der Waals surface area (Å²) >= 11 is 0. The molecule has 0 spiro atoms. The summed E-state index contributed by atoms with van der Waals surface area (Å²) in [5.41, 5.74) is 1.17. The van der Waals surface area contributed by atoms with E-state index in [4.69, 9.17) is 10.1 Å². The van der Waals surface area contributed by atoms with Crippen molar-refractivity contribution < 1.29 is 4.79 Å². The van der Waals surface area contributed by atoms with Gasteiger partial charge in [0, 0.05) is 36.6 Å². The molecule has 168 valence electrons. The zero-order chi connectivity index (χ0) is 22.4. The number of carbonyl (C=O) groups excluding carboxylic acids is 1. The molecule has 0 unspecified atom stereocenters. The van der Waals surface area contributed by atoms with Crippen molar-refractivity contribution in [3.05, 3.63) is 48.7 Å². The van der Waals surface area contributed by atoms with E-state index in [1.54, 1.807) is 16.8 Å². The first-order valence-electron chi connectivity index (χ1n) is 11.1. The van der Waals surface area contributed by atoms with Crippen LogP contribution in [0.1, 0.15) is 44.2 Å². The molecule has 2 fully saturated rings. The Hall–Kier alpha value is -4.02. The topological polar surface area (TPSA) is 129 Å². The minimum Gasteiger partial charge on any atom is -0.325 e. The van der Waals surface area contributed by atoms with Gasteiger partial charge in [0.25, 0.3) is 5.91 Å². The maximum atomic E-state index is 13.3. The molecule has 1 aliphatic carbocycles. The van der Waals surface area contributed by atoms with Crippen molar-refractivity contribution in [2.24, 2.45) is 0 Å². The Balaban J connectivity index is 1.32. The fourth-order valence-electron chi connectivity index (χ4n) is 4.39. The lowest BCUT2D eigenvalue weighted by atomic mass is 9.98. The Morgan fingerprint density at radius 3 is 3.00 bits per heavy atom. The number of hydrogen-bond donors (Lipinski definition) is 3. The number of rotatable bonds is 6. The van der Waals surface area contributed by atoms with Crippen molar-refractivity contribution in [3.63, 3.8) is 0 Å². The number of aromatic nitrogens is 7. The van der Waals surface area contributed by atoms with Crippen LogP contribution in [-0.2, 0) is 4.79 Å². The second kappa shape index (κ2) is 7.54. The average Bonchev–Trinajstić information content (AvgIpc) is 3.20. The largest absolute Gasteiger partial charge is 0.325 e. The number of anilines is 4. The number of carbonyl (C=O) groups is 1. The van der Waals surface area contributed by atoms with E-state index in [-0.39, 0.29) is 5.91 Å². The van der Waals surface area contributed by atoms with Gasteiger partial charge in [0.05, 0.1) is 0 Å². The van der Waals surface area contributed by atoms with Gasteiger partial charge >= 0.3 is 0 Å². The minimum atomic E-state index is -0.811. The SMILES string of the molecule is C[C@@]1(C(=O)Nc2ccncn2)CCCN1c1nc(Nc2cc(C3CC3)[nH]n2)c2cccn2n1. The van der Waals surface area contributed by atoms with Gasteiger partial charge in [-0.05, 0) is 50.8 Å². The second-order valence-electron chi connectivity index (χ2n) is 8.78. The average molecular weight is 445 g/mol. The third kappa shape index (κ3) is 3.55. The molecule has 1 saturated heterocycles. The highest BCUT2D eigenvalue weighted by atomic mass is 16.2. The molecule has 3 N–H and O–H groups in total. The van der Waals surface area contributed by atoms with Crippen LogP contribution in [0.25, 0.3) is 5.52 Å². The summed E-state index contributed by atoms with van der Waals surface area (Å²) in [4.78, 5) is 28.1. The van der Waals surface area contributed by atoms with E-state index in [1.165, 1.54) is 19.2 Å². The van der Waals surface area contributed by atoms with Crippen molar-refractivity contribution >= 4 is 34.8 Å². The van der Waals surface area contributed by atoms with Crippen molar-refractivity contribution in [1.82, 2.24) is 34.8 Å². The van der Waals surface area contributed by atoms with Gasteiger partial charge in [0.1, 0.15) is 23.2 Å². The van der Waals surface area contributed by atoms with Gasteiger partial charge in [-0.15, -0.1) is 5.10 Å². The molecule has 11 heteroatoms. The van der Waals surface area contributed by atoms with Crippen LogP contribution in [0.5, 0.6) is 0 Å². The van der Waals surface area contributed by atoms with E-state index >= 15 is 0 Å². The van der Waals surface area contributed by atoms with Gasteiger partial charge in [-0.25, -0.2) is 14.5 Å². The molecule has 0 radical (unpaired) electrons. The summed E-state index contributed by atoms with van der Waals surface area (Å²) < 4.78 is 1.78. The minimum absolute atomic E-state index is 0.147. The third-order valence-corrected chi connectivity index (χ3v) is 6.44. The van der Waals surface area contributed by atoms with Crippen LogP contribution in [0.15, 0.2) is 43.0 Å². The predicted octanol–water partition coefficient (Wildman–Crippen LogP) is 2.86. The number of hydrogen-bond acceptors (Lipinski definition) is 8. The van der Waals surface area contributed by atoms with Gasteiger partial charge < -0.3 is 15.5 Å². The maximum Gasteiger partial charge on any atom is 0.251 e. The Bertz CT molecular complexity index is 1310. The Labute approximate surface area is 189 Å². The summed E-state index contributed by atoms with van der Waals surface area (Å²) in [5.74, 6) is 2.75. The quantitative estimate of drug-likeness (QED) is 0.414. The molecule has 0 aromatic carbocycles. The van der Waals surface area contributed by atoms with E-state index in [0.717, 1.165) is 23.4 Å². The Morgan fingerprint density at radius 2 is 2.18 bits per heavy atom. The molecule has 5 heterocycles. The number of nitrogens with zero attached hydrogens (tertiary/aromatic N) is 7. The highest BCUT2D eigenvalue weighted by molar-refractivity contribution is 5.99. The molecule has 0 bridgehead atoms. The summed E-state index contributed by atoms with van der Waals surface area (Å²) in [5, 5.41) is 18.5. The fraction of sp³-hybridized carbons (Fsp3) is 0.364. The molecule has 33 heavy (non-hydrogen) atoms.